The van der Waals surface area contributed by atoms with Crippen LogP contribution in [-0.2, 0) is 4.74 Å². The third kappa shape index (κ3) is 4.49. The van der Waals surface area contributed by atoms with Gasteiger partial charge in [-0.25, -0.2) is 4.79 Å². The van der Waals surface area contributed by atoms with Crippen molar-refractivity contribution in [3.8, 4) is 0 Å². The van der Waals surface area contributed by atoms with Crippen LogP contribution in [0.15, 0.2) is 0 Å². The Morgan fingerprint density at radius 1 is 1.45 bits per heavy atom. The number of carbonyl (C=O) groups is 1. The largest absolute Gasteiger partial charge is 0.434 e. The van der Waals surface area contributed by atoms with Crippen molar-refractivity contribution in [2.75, 3.05) is 0 Å². The number of carbonyl (C=O) groups excluding carboxylic acids is 1. The normalized spacial score (nSPS) is 13.2. The molecule has 66 valence electrons. The topological polar surface area (TPSA) is 26.3 Å². The fraction of sp³-hybridized carbons (Fsp3) is 0.857. The van der Waals surface area contributed by atoms with Crippen LogP contribution in [0.2, 0.25) is 0 Å². The molecule has 0 aliphatic carbocycles. The maximum Gasteiger partial charge on any atom is 0.405 e. The first kappa shape index (κ1) is 11.1. The molecule has 0 aromatic rings. The molecule has 1 unspecified atom stereocenters. The summed E-state index contributed by atoms with van der Waals surface area (Å²) in [4.78, 5) is 10.2. The van der Waals surface area contributed by atoms with Crippen LogP contribution in [0.1, 0.15) is 26.7 Å². The zero-order valence-electron chi connectivity index (χ0n) is 6.64. The molecule has 0 aromatic heterocycles. The van der Waals surface area contributed by atoms with E-state index in [-0.39, 0.29) is 5.92 Å². The van der Waals surface area contributed by atoms with Crippen molar-refractivity contribution in [1.82, 2.24) is 0 Å². The highest BCUT2D eigenvalue weighted by Crippen LogP contribution is 2.20. The van der Waals surface area contributed by atoms with E-state index in [2.05, 4.69) is 4.74 Å². The van der Waals surface area contributed by atoms with Crippen LogP contribution >= 0.6 is 23.2 Å². The van der Waals surface area contributed by atoms with E-state index in [1.165, 1.54) is 0 Å². The molecule has 1 atom stereocenters. The van der Waals surface area contributed by atoms with E-state index in [1.54, 1.807) is 0 Å². The first-order valence-electron chi connectivity index (χ1n) is 3.62. The van der Waals surface area contributed by atoms with E-state index in [0.29, 0.717) is 0 Å². The standard InChI is InChI=1S/C7H12Cl2O2/c1-3-5(4-2)6(8)11-7(9)10/h5-6H,3-4H2,1-2H3. The summed E-state index contributed by atoms with van der Waals surface area (Å²) in [5, 5.41) is 0. The van der Waals surface area contributed by atoms with Crippen molar-refractivity contribution in [1.29, 1.82) is 0 Å². The number of hydrogen-bond donors (Lipinski definition) is 0. The Hall–Kier alpha value is 0.0500. The van der Waals surface area contributed by atoms with Gasteiger partial charge in [0.2, 0.25) is 0 Å². The number of ether oxygens (including phenoxy) is 1. The first-order chi connectivity index (χ1) is 5.11. The molecule has 0 amide bonds. The van der Waals surface area contributed by atoms with Gasteiger partial charge in [-0.3, -0.25) is 0 Å². The Bertz CT molecular complexity index is 124. The van der Waals surface area contributed by atoms with Crippen LogP contribution < -0.4 is 0 Å². The van der Waals surface area contributed by atoms with Crippen molar-refractivity contribution in [2.45, 2.75) is 32.3 Å². The van der Waals surface area contributed by atoms with E-state index < -0.39 is 11.0 Å². The molecule has 4 heteroatoms. The quantitative estimate of drug-likeness (QED) is 0.512. The summed E-state index contributed by atoms with van der Waals surface area (Å²) in [6, 6.07) is 0. The fourth-order valence-corrected chi connectivity index (χ4v) is 1.42. The smallest absolute Gasteiger partial charge is 0.405 e. The zero-order chi connectivity index (χ0) is 8.85. The lowest BCUT2D eigenvalue weighted by Gasteiger charge is -2.17. The molecule has 0 N–H and O–H groups in total. The Labute approximate surface area is 76.8 Å². The number of halogens is 2. The van der Waals surface area contributed by atoms with E-state index >= 15 is 0 Å². The molecule has 0 fully saturated rings. The van der Waals surface area contributed by atoms with Crippen LogP contribution in [0.25, 0.3) is 0 Å². The molecular weight excluding hydrogens is 187 g/mol. The molecule has 0 aromatic carbocycles. The summed E-state index contributed by atoms with van der Waals surface area (Å²) in [6.07, 6.45) is 1.77. The minimum absolute atomic E-state index is 0.194. The van der Waals surface area contributed by atoms with Crippen LogP contribution in [0.4, 0.5) is 4.79 Å². The van der Waals surface area contributed by atoms with Crippen LogP contribution in [-0.4, -0.2) is 11.0 Å². The van der Waals surface area contributed by atoms with Crippen LogP contribution in [0.3, 0.4) is 0 Å². The van der Waals surface area contributed by atoms with Gasteiger partial charge in [0.05, 0.1) is 0 Å². The molecule has 0 spiro atoms. The average molecular weight is 199 g/mol. The SMILES string of the molecule is CCC(CC)C(Cl)OC(=O)Cl. The predicted molar refractivity (Wildman–Crippen MR) is 46.0 cm³/mol. The molecule has 0 saturated carbocycles. The van der Waals surface area contributed by atoms with Gasteiger partial charge in [-0.15, -0.1) is 0 Å². The Morgan fingerprint density at radius 3 is 2.18 bits per heavy atom. The summed E-state index contributed by atoms with van der Waals surface area (Å²) < 4.78 is 4.59. The van der Waals surface area contributed by atoms with Gasteiger partial charge in [0.25, 0.3) is 0 Å². The van der Waals surface area contributed by atoms with Gasteiger partial charge in [0.15, 0.2) is 5.56 Å². The summed E-state index contributed by atoms with van der Waals surface area (Å²) >= 11 is 10.7. The molecule has 0 radical (unpaired) electrons. The third-order valence-electron chi connectivity index (χ3n) is 1.62. The minimum Gasteiger partial charge on any atom is -0.434 e. The Morgan fingerprint density at radius 2 is 1.91 bits per heavy atom. The Balaban J connectivity index is 3.78. The second kappa shape index (κ2) is 5.67. The second-order valence-corrected chi connectivity index (χ2v) is 3.02. The van der Waals surface area contributed by atoms with Crippen LogP contribution in [0, 0.1) is 5.92 Å². The number of rotatable bonds is 4. The molecule has 0 aliphatic heterocycles. The Kier molecular flexibility index (Phi) is 5.69. The predicted octanol–water partition coefficient (Wildman–Crippen LogP) is 3.36. The van der Waals surface area contributed by atoms with E-state index in [4.69, 9.17) is 23.2 Å². The lowest BCUT2D eigenvalue weighted by atomic mass is 10.1. The highest BCUT2D eigenvalue weighted by atomic mass is 35.5. The summed E-state index contributed by atoms with van der Waals surface area (Å²) in [5.74, 6) is 0.194. The van der Waals surface area contributed by atoms with E-state index in [9.17, 15) is 4.79 Å². The average Bonchev–Trinajstić information content (AvgIpc) is 1.88. The monoisotopic (exact) mass is 198 g/mol. The number of hydrogen-bond acceptors (Lipinski definition) is 2. The van der Waals surface area contributed by atoms with E-state index in [0.717, 1.165) is 12.8 Å². The number of alkyl halides is 1. The lowest BCUT2D eigenvalue weighted by Crippen LogP contribution is -2.18. The van der Waals surface area contributed by atoms with Crippen molar-refractivity contribution in [2.24, 2.45) is 5.92 Å². The van der Waals surface area contributed by atoms with Crippen molar-refractivity contribution < 1.29 is 9.53 Å². The van der Waals surface area contributed by atoms with E-state index in [1.807, 2.05) is 13.8 Å². The van der Waals surface area contributed by atoms with Gasteiger partial charge < -0.3 is 4.74 Å². The van der Waals surface area contributed by atoms with Crippen molar-refractivity contribution >= 4 is 28.6 Å². The zero-order valence-corrected chi connectivity index (χ0v) is 8.15. The van der Waals surface area contributed by atoms with Gasteiger partial charge in [-0.2, -0.15) is 0 Å². The fourth-order valence-electron chi connectivity index (χ4n) is 0.844. The van der Waals surface area contributed by atoms with Crippen LogP contribution in [0.5, 0.6) is 0 Å². The highest BCUT2D eigenvalue weighted by Gasteiger charge is 2.18. The molecule has 0 heterocycles. The van der Waals surface area contributed by atoms with Gasteiger partial charge in [0.1, 0.15) is 0 Å². The molecule has 2 nitrogen and oxygen atoms in total. The lowest BCUT2D eigenvalue weighted by molar-refractivity contribution is 0.126. The second-order valence-electron chi connectivity index (χ2n) is 2.28. The highest BCUT2D eigenvalue weighted by molar-refractivity contribution is 6.61. The van der Waals surface area contributed by atoms with Gasteiger partial charge in [-0.05, 0) is 12.8 Å². The summed E-state index contributed by atoms with van der Waals surface area (Å²) in [7, 11) is 0. The third-order valence-corrected chi connectivity index (χ3v) is 2.16. The summed E-state index contributed by atoms with van der Waals surface area (Å²) in [5.41, 5.74) is -1.42. The van der Waals surface area contributed by atoms with Gasteiger partial charge in [-0.1, -0.05) is 25.4 Å². The molecule has 0 bridgehead atoms. The minimum atomic E-state index is -0.836. The van der Waals surface area contributed by atoms with Gasteiger partial charge >= 0.3 is 5.43 Å². The molecule has 0 aliphatic rings. The maximum absolute atomic E-state index is 10.2. The first-order valence-corrected chi connectivity index (χ1v) is 4.43. The molecular formula is C7H12Cl2O2. The molecule has 11 heavy (non-hydrogen) atoms. The molecule has 0 saturated heterocycles. The van der Waals surface area contributed by atoms with Crippen molar-refractivity contribution in [3.63, 3.8) is 0 Å². The summed E-state index contributed by atoms with van der Waals surface area (Å²) in [6.45, 7) is 3.98. The van der Waals surface area contributed by atoms with Crippen molar-refractivity contribution in [3.05, 3.63) is 0 Å². The molecule has 0 rings (SSSR count). The van der Waals surface area contributed by atoms with Gasteiger partial charge in [0, 0.05) is 17.5 Å². The maximum atomic E-state index is 10.2.